The largest absolute Gasteiger partial charge is 0.480 e. The third-order valence-electron chi connectivity index (χ3n) is 3.19. The molecule has 0 saturated carbocycles. The molecule has 1 atom stereocenters. The first-order valence-electron chi connectivity index (χ1n) is 6.59. The lowest BCUT2D eigenvalue weighted by molar-refractivity contribution is -0.149. The lowest BCUT2D eigenvalue weighted by Gasteiger charge is -2.30. The fraction of sp³-hybridized carbons (Fsp3) is 0.818. The maximum atomic E-state index is 12.0. The van der Waals surface area contributed by atoms with Crippen LogP contribution in [0.5, 0.6) is 0 Å². The number of ether oxygens (including phenoxy) is 1. The average Bonchev–Trinajstić information content (AvgIpc) is 2.45. The summed E-state index contributed by atoms with van der Waals surface area (Å²) in [4.78, 5) is 22.3. The molecule has 0 aromatic rings. The highest BCUT2D eigenvalue weighted by molar-refractivity contribution is 7.87. The first-order valence-corrected chi connectivity index (χ1v) is 8.03. The zero-order valence-corrected chi connectivity index (χ0v) is 12.5. The summed E-state index contributed by atoms with van der Waals surface area (Å²) < 4.78 is 31.8. The molecule has 1 aliphatic rings. The zero-order valence-electron chi connectivity index (χ0n) is 11.7. The van der Waals surface area contributed by atoms with Crippen LogP contribution in [0.2, 0.25) is 0 Å². The summed E-state index contributed by atoms with van der Waals surface area (Å²) in [7, 11) is -4.01. The number of aliphatic carboxylic acids is 1. The number of carboxylic acids is 1. The van der Waals surface area contributed by atoms with Crippen LogP contribution < -0.4 is 4.72 Å². The lowest BCUT2D eigenvalue weighted by atomic mass is 9.98. The third-order valence-corrected chi connectivity index (χ3v) is 4.81. The molecule has 122 valence electrons. The van der Waals surface area contributed by atoms with E-state index in [0.717, 1.165) is 4.31 Å². The maximum Gasteiger partial charge on any atom is 0.324 e. The van der Waals surface area contributed by atoms with E-state index in [2.05, 4.69) is 0 Å². The van der Waals surface area contributed by atoms with E-state index in [0.29, 0.717) is 12.8 Å². The smallest absolute Gasteiger partial charge is 0.324 e. The molecule has 0 radical (unpaired) electrons. The second kappa shape index (κ2) is 7.69. The van der Waals surface area contributed by atoms with Gasteiger partial charge < -0.3 is 14.9 Å². The normalized spacial score (nSPS) is 19.1. The van der Waals surface area contributed by atoms with Crippen molar-refractivity contribution in [2.45, 2.75) is 25.8 Å². The summed E-state index contributed by atoms with van der Waals surface area (Å²) in [5.74, 6) is -2.15. The molecule has 1 fully saturated rings. The number of aliphatic hydroxyl groups excluding tert-OH is 1. The Hall–Kier alpha value is -1.23. The molecule has 1 aliphatic heterocycles. The van der Waals surface area contributed by atoms with Gasteiger partial charge in [0.15, 0.2) is 0 Å². The Labute approximate surface area is 123 Å². The van der Waals surface area contributed by atoms with Gasteiger partial charge in [-0.1, -0.05) is 0 Å². The van der Waals surface area contributed by atoms with E-state index in [-0.39, 0.29) is 31.6 Å². The van der Waals surface area contributed by atoms with E-state index in [1.807, 2.05) is 4.72 Å². The van der Waals surface area contributed by atoms with Crippen molar-refractivity contribution in [3.05, 3.63) is 0 Å². The van der Waals surface area contributed by atoms with Crippen LogP contribution in [0.3, 0.4) is 0 Å². The van der Waals surface area contributed by atoms with Crippen LogP contribution >= 0.6 is 0 Å². The van der Waals surface area contributed by atoms with Crippen LogP contribution in [0.25, 0.3) is 0 Å². The van der Waals surface area contributed by atoms with Crippen LogP contribution in [-0.4, -0.2) is 67.2 Å². The SMILES string of the molecule is CCOC(=O)C1CCN(S(=O)(=O)N[C@H](CO)C(=O)O)CC1. The minimum Gasteiger partial charge on any atom is -0.480 e. The number of hydrogen-bond acceptors (Lipinski definition) is 6. The van der Waals surface area contributed by atoms with Crippen molar-refractivity contribution in [1.82, 2.24) is 9.03 Å². The standard InChI is InChI=1S/C11H20N2O7S/c1-2-20-11(17)8-3-5-13(6-4-8)21(18,19)12-9(7-14)10(15)16/h8-9,12,14H,2-7H2,1H3,(H,15,16)/t9-/m1/s1. The molecule has 0 spiro atoms. The topological polar surface area (TPSA) is 133 Å². The van der Waals surface area contributed by atoms with Crippen molar-refractivity contribution >= 4 is 22.1 Å². The maximum absolute atomic E-state index is 12.0. The predicted octanol–water partition coefficient (Wildman–Crippen LogP) is -1.46. The van der Waals surface area contributed by atoms with E-state index < -0.39 is 28.8 Å². The van der Waals surface area contributed by atoms with Gasteiger partial charge in [-0.15, -0.1) is 0 Å². The monoisotopic (exact) mass is 324 g/mol. The van der Waals surface area contributed by atoms with Crippen LogP contribution in [0.1, 0.15) is 19.8 Å². The minimum absolute atomic E-state index is 0.0938. The molecule has 0 aromatic heterocycles. The van der Waals surface area contributed by atoms with Crippen molar-refractivity contribution in [3.8, 4) is 0 Å². The van der Waals surface area contributed by atoms with Gasteiger partial charge in [0.05, 0.1) is 19.1 Å². The zero-order chi connectivity index (χ0) is 16.0. The predicted molar refractivity (Wildman–Crippen MR) is 71.5 cm³/mol. The van der Waals surface area contributed by atoms with Crippen molar-refractivity contribution in [2.75, 3.05) is 26.3 Å². The Balaban J connectivity index is 2.60. The molecule has 3 N–H and O–H groups in total. The number of esters is 1. The summed E-state index contributed by atoms with van der Waals surface area (Å²) in [5.41, 5.74) is 0. The van der Waals surface area contributed by atoms with E-state index >= 15 is 0 Å². The highest BCUT2D eigenvalue weighted by Gasteiger charge is 2.34. The van der Waals surface area contributed by atoms with Crippen molar-refractivity contribution in [3.63, 3.8) is 0 Å². The molecule has 9 nitrogen and oxygen atoms in total. The van der Waals surface area contributed by atoms with Gasteiger partial charge in [-0.3, -0.25) is 9.59 Å². The third kappa shape index (κ3) is 4.92. The molecule has 21 heavy (non-hydrogen) atoms. The quantitative estimate of drug-likeness (QED) is 0.487. The highest BCUT2D eigenvalue weighted by Crippen LogP contribution is 2.20. The highest BCUT2D eigenvalue weighted by atomic mass is 32.2. The van der Waals surface area contributed by atoms with Gasteiger partial charge in [-0.25, -0.2) is 0 Å². The molecule has 0 amide bonds. The van der Waals surface area contributed by atoms with Crippen molar-refractivity contribution in [1.29, 1.82) is 0 Å². The second-order valence-electron chi connectivity index (χ2n) is 4.62. The van der Waals surface area contributed by atoms with Crippen LogP contribution in [-0.2, 0) is 24.5 Å². The molecule has 0 unspecified atom stereocenters. The number of nitrogens with one attached hydrogen (secondary N) is 1. The number of carbonyl (C=O) groups is 2. The summed E-state index contributed by atoms with van der Waals surface area (Å²) in [5, 5.41) is 17.6. The number of nitrogens with zero attached hydrogens (tertiary/aromatic N) is 1. The number of rotatable bonds is 7. The van der Waals surface area contributed by atoms with Gasteiger partial charge >= 0.3 is 11.9 Å². The van der Waals surface area contributed by atoms with Crippen LogP contribution in [0, 0.1) is 5.92 Å². The Morgan fingerprint density at radius 3 is 2.38 bits per heavy atom. The molecular formula is C11H20N2O7S. The van der Waals surface area contributed by atoms with Gasteiger partial charge in [-0.05, 0) is 19.8 Å². The van der Waals surface area contributed by atoms with E-state index in [9.17, 15) is 18.0 Å². The summed E-state index contributed by atoms with van der Waals surface area (Å²) >= 11 is 0. The number of hydrogen-bond donors (Lipinski definition) is 3. The Kier molecular flexibility index (Phi) is 6.52. The Morgan fingerprint density at radius 1 is 1.38 bits per heavy atom. The van der Waals surface area contributed by atoms with Gasteiger partial charge in [0.1, 0.15) is 6.04 Å². The molecule has 0 bridgehead atoms. The van der Waals surface area contributed by atoms with Gasteiger partial charge in [0.2, 0.25) is 0 Å². The molecule has 1 heterocycles. The summed E-state index contributed by atoms with van der Waals surface area (Å²) in [6, 6.07) is -1.59. The molecule has 1 rings (SSSR count). The lowest BCUT2D eigenvalue weighted by Crippen LogP contribution is -2.52. The fourth-order valence-corrected chi connectivity index (χ4v) is 3.39. The van der Waals surface area contributed by atoms with Crippen molar-refractivity contribution in [2.24, 2.45) is 5.92 Å². The van der Waals surface area contributed by atoms with E-state index in [4.69, 9.17) is 14.9 Å². The number of piperidine rings is 1. The Bertz CT molecular complexity index is 471. The fourth-order valence-electron chi connectivity index (χ4n) is 2.01. The first-order chi connectivity index (χ1) is 9.81. The number of aliphatic hydroxyl groups is 1. The number of carboxylic acid groups (broad SMARTS) is 1. The molecule has 0 aromatic carbocycles. The van der Waals surface area contributed by atoms with Crippen LogP contribution in [0.15, 0.2) is 0 Å². The Morgan fingerprint density at radius 2 is 1.95 bits per heavy atom. The average molecular weight is 324 g/mol. The number of carbonyl (C=O) groups excluding carboxylic acids is 1. The van der Waals surface area contributed by atoms with Crippen LogP contribution in [0.4, 0.5) is 0 Å². The van der Waals surface area contributed by atoms with Gasteiger partial charge in [0, 0.05) is 13.1 Å². The van der Waals surface area contributed by atoms with E-state index in [1.165, 1.54) is 0 Å². The van der Waals surface area contributed by atoms with E-state index in [1.54, 1.807) is 6.92 Å². The second-order valence-corrected chi connectivity index (χ2v) is 6.32. The van der Waals surface area contributed by atoms with Gasteiger partial charge in [0.25, 0.3) is 10.2 Å². The summed E-state index contributed by atoms with van der Waals surface area (Å²) in [6.07, 6.45) is 0.632. The minimum atomic E-state index is -4.01. The molecule has 0 aliphatic carbocycles. The summed E-state index contributed by atoms with van der Waals surface area (Å²) in [6.45, 7) is 1.32. The van der Waals surface area contributed by atoms with Crippen molar-refractivity contribution < 1.29 is 33.0 Å². The molecule has 10 heteroatoms. The van der Waals surface area contributed by atoms with Gasteiger partial charge in [-0.2, -0.15) is 17.4 Å². The molecule has 1 saturated heterocycles. The molecular weight excluding hydrogens is 304 g/mol. The first kappa shape index (κ1) is 17.8.